The third kappa shape index (κ3) is 9.73. The second kappa shape index (κ2) is 15.9. The van der Waals surface area contributed by atoms with Gasteiger partial charge in [0.15, 0.2) is 0 Å². The van der Waals surface area contributed by atoms with E-state index in [1.54, 1.807) is 42.6 Å². The Balaban J connectivity index is 1.34. The Bertz CT molecular complexity index is 1140. The fraction of sp³-hybridized carbons (Fsp3) is 0.323. The van der Waals surface area contributed by atoms with E-state index < -0.39 is 5.97 Å². The Hall–Kier alpha value is -4.13. The fourth-order valence-corrected chi connectivity index (χ4v) is 3.68. The lowest BCUT2D eigenvalue weighted by Crippen LogP contribution is -2.08. The van der Waals surface area contributed by atoms with Crippen molar-refractivity contribution >= 4 is 11.9 Å². The number of ether oxygens (including phenoxy) is 4. The molecule has 0 bridgehead atoms. The maximum absolute atomic E-state index is 12.5. The number of nitrogens with zero attached hydrogens (tertiary/aromatic N) is 1. The van der Waals surface area contributed by atoms with Crippen molar-refractivity contribution in [2.24, 2.45) is 0 Å². The van der Waals surface area contributed by atoms with Crippen LogP contribution in [0.2, 0.25) is 0 Å². The molecule has 0 spiro atoms. The van der Waals surface area contributed by atoms with E-state index >= 15 is 0 Å². The number of unbranched alkanes of at least 4 members (excludes halogenated alkanes) is 5. The molecule has 0 fully saturated rings. The average molecular weight is 518 g/mol. The van der Waals surface area contributed by atoms with Gasteiger partial charge in [-0.05, 0) is 80.4 Å². The summed E-state index contributed by atoms with van der Waals surface area (Å²) in [6.07, 6.45) is 9.02. The topological polar surface area (TPSA) is 84.0 Å². The highest BCUT2D eigenvalue weighted by atomic mass is 16.5. The zero-order valence-corrected chi connectivity index (χ0v) is 21.9. The minimum absolute atomic E-state index is 0.365. The summed E-state index contributed by atoms with van der Waals surface area (Å²) >= 11 is 0. The van der Waals surface area contributed by atoms with Gasteiger partial charge in [0.2, 0.25) is 0 Å². The summed E-state index contributed by atoms with van der Waals surface area (Å²) in [7, 11) is 0. The molecule has 0 aliphatic heterocycles. The van der Waals surface area contributed by atoms with Gasteiger partial charge in [0.1, 0.15) is 17.2 Å². The van der Waals surface area contributed by atoms with Crippen molar-refractivity contribution in [3.8, 4) is 28.5 Å². The van der Waals surface area contributed by atoms with Crippen LogP contribution in [0.25, 0.3) is 11.3 Å². The van der Waals surface area contributed by atoms with Crippen LogP contribution >= 0.6 is 0 Å². The summed E-state index contributed by atoms with van der Waals surface area (Å²) in [6, 6.07) is 18.0. The van der Waals surface area contributed by atoms with Gasteiger partial charge < -0.3 is 18.9 Å². The van der Waals surface area contributed by atoms with Gasteiger partial charge >= 0.3 is 11.9 Å². The normalized spacial score (nSPS) is 10.4. The summed E-state index contributed by atoms with van der Waals surface area (Å²) in [4.78, 5) is 27.9. The van der Waals surface area contributed by atoms with Crippen LogP contribution in [-0.4, -0.2) is 36.7 Å². The second-order valence-corrected chi connectivity index (χ2v) is 8.59. The SMILES string of the molecule is C=CC(=O)OCCCCCCCCOc1ccc(C(=O)Oc2ccc(-c3ccc(OCC)cn3)cc2)cc1. The summed E-state index contributed by atoms with van der Waals surface area (Å²) in [6.45, 7) is 6.97. The van der Waals surface area contributed by atoms with Crippen LogP contribution in [0.1, 0.15) is 55.8 Å². The molecule has 0 N–H and O–H groups in total. The number of hydrogen-bond donors (Lipinski definition) is 0. The van der Waals surface area contributed by atoms with E-state index in [2.05, 4.69) is 11.6 Å². The Morgan fingerprint density at radius 2 is 1.39 bits per heavy atom. The predicted octanol–water partition coefficient (Wildman–Crippen LogP) is 6.82. The standard InChI is InChI=1S/C31H35NO6/c1-3-30(33)37-22-10-8-6-5-7-9-21-36-26-15-13-25(14-16-26)31(34)38-27-17-11-24(12-18-27)29-20-19-28(23-32-29)35-4-2/h3,11-20,23H,1,4-10,21-22H2,2H3. The van der Waals surface area contributed by atoms with Gasteiger partial charge in [-0.3, -0.25) is 4.98 Å². The molecule has 7 heteroatoms. The first-order valence-electron chi connectivity index (χ1n) is 13.0. The van der Waals surface area contributed by atoms with E-state index in [9.17, 15) is 9.59 Å². The molecule has 0 unspecified atom stereocenters. The third-order valence-corrected chi connectivity index (χ3v) is 5.72. The minimum Gasteiger partial charge on any atom is -0.494 e. The van der Waals surface area contributed by atoms with Crippen LogP contribution in [0.3, 0.4) is 0 Å². The number of esters is 2. The maximum atomic E-state index is 12.5. The number of aromatic nitrogens is 1. The van der Waals surface area contributed by atoms with E-state index in [1.807, 2.05) is 31.2 Å². The van der Waals surface area contributed by atoms with Crippen molar-refractivity contribution in [3.63, 3.8) is 0 Å². The van der Waals surface area contributed by atoms with Gasteiger partial charge in [0.05, 0.1) is 37.3 Å². The molecule has 200 valence electrons. The first-order chi connectivity index (χ1) is 18.6. The lowest BCUT2D eigenvalue weighted by molar-refractivity contribution is -0.137. The number of benzene rings is 2. The maximum Gasteiger partial charge on any atom is 0.343 e. The van der Waals surface area contributed by atoms with Gasteiger partial charge in [-0.25, -0.2) is 9.59 Å². The fourth-order valence-electron chi connectivity index (χ4n) is 3.68. The molecule has 3 aromatic rings. The first kappa shape index (κ1) is 28.4. The zero-order valence-electron chi connectivity index (χ0n) is 21.9. The van der Waals surface area contributed by atoms with Crippen LogP contribution in [-0.2, 0) is 9.53 Å². The molecule has 0 saturated carbocycles. The minimum atomic E-state index is -0.428. The highest BCUT2D eigenvalue weighted by molar-refractivity contribution is 5.91. The monoisotopic (exact) mass is 517 g/mol. The van der Waals surface area contributed by atoms with E-state index in [-0.39, 0.29) is 5.97 Å². The lowest BCUT2D eigenvalue weighted by Gasteiger charge is -2.08. The molecule has 3 rings (SSSR count). The molecule has 0 saturated heterocycles. The van der Waals surface area contributed by atoms with E-state index in [1.165, 1.54) is 6.08 Å². The highest BCUT2D eigenvalue weighted by Gasteiger charge is 2.10. The van der Waals surface area contributed by atoms with E-state index in [0.29, 0.717) is 31.1 Å². The summed E-state index contributed by atoms with van der Waals surface area (Å²) in [5, 5.41) is 0. The van der Waals surface area contributed by atoms with Crippen LogP contribution in [0.15, 0.2) is 79.5 Å². The van der Waals surface area contributed by atoms with E-state index in [4.69, 9.17) is 18.9 Å². The Kier molecular flexibility index (Phi) is 11.9. The van der Waals surface area contributed by atoms with Crippen molar-refractivity contribution in [3.05, 3.63) is 85.1 Å². The van der Waals surface area contributed by atoms with Gasteiger partial charge in [0.25, 0.3) is 0 Å². The van der Waals surface area contributed by atoms with Crippen molar-refractivity contribution in [2.45, 2.75) is 45.4 Å². The van der Waals surface area contributed by atoms with Gasteiger partial charge in [-0.15, -0.1) is 0 Å². The average Bonchev–Trinajstić information content (AvgIpc) is 2.95. The molecular weight excluding hydrogens is 482 g/mol. The van der Waals surface area contributed by atoms with Crippen LogP contribution < -0.4 is 14.2 Å². The van der Waals surface area contributed by atoms with E-state index in [0.717, 1.165) is 61.3 Å². The molecule has 7 nitrogen and oxygen atoms in total. The molecule has 0 amide bonds. The molecular formula is C31H35NO6. The molecule has 2 aromatic carbocycles. The summed E-state index contributed by atoms with van der Waals surface area (Å²) in [5.74, 6) is 1.12. The number of carbonyl (C=O) groups excluding carboxylic acids is 2. The Morgan fingerprint density at radius 1 is 0.763 bits per heavy atom. The Labute approximate surface area is 224 Å². The van der Waals surface area contributed by atoms with Crippen molar-refractivity contribution in [1.29, 1.82) is 0 Å². The van der Waals surface area contributed by atoms with Crippen LogP contribution in [0, 0.1) is 0 Å². The zero-order chi connectivity index (χ0) is 27.0. The third-order valence-electron chi connectivity index (χ3n) is 5.72. The summed E-state index contributed by atoms with van der Waals surface area (Å²) in [5.41, 5.74) is 2.18. The largest absolute Gasteiger partial charge is 0.494 e. The molecule has 1 aromatic heterocycles. The van der Waals surface area contributed by atoms with Crippen molar-refractivity contribution in [1.82, 2.24) is 4.98 Å². The molecule has 0 aliphatic rings. The number of carbonyl (C=O) groups is 2. The Morgan fingerprint density at radius 3 is 2.03 bits per heavy atom. The highest BCUT2D eigenvalue weighted by Crippen LogP contribution is 2.23. The molecule has 38 heavy (non-hydrogen) atoms. The molecule has 0 radical (unpaired) electrons. The smallest absolute Gasteiger partial charge is 0.343 e. The molecule has 0 atom stereocenters. The predicted molar refractivity (Wildman–Crippen MR) is 147 cm³/mol. The van der Waals surface area contributed by atoms with Gasteiger partial charge in [-0.2, -0.15) is 0 Å². The summed E-state index contributed by atoms with van der Waals surface area (Å²) < 4.78 is 21.7. The molecule has 1 heterocycles. The lowest BCUT2D eigenvalue weighted by atomic mass is 10.1. The first-order valence-corrected chi connectivity index (χ1v) is 13.0. The van der Waals surface area contributed by atoms with Gasteiger partial charge in [0, 0.05) is 11.6 Å². The van der Waals surface area contributed by atoms with Crippen LogP contribution in [0.4, 0.5) is 0 Å². The number of hydrogen-bond acceptors (Lipinski definition) is 7. The van der Waals surface area contributed by atoms with Crippen molar-refractivity contribution in [2.75, 3.05) is 19.8 Å². The number of rotatable bonds is 16. The quantitative estimate of drug-likeness (QED) is 0.0892. The van der Waals surface area contributed by atoms with Crippen LogP contribution in [0.5, 0.6) is 17.2 Å². The molecule has 0 aliphatic carbocycles. The van der Waals surface area contributed by atoms with Crippen molar-refractivity contribution < 1.29 is 28.5 Å². The van der Waals surface area contributed by atoms with Gasteiger partial charge in [-0.1, -0.05) is 32.3 Å². The number of pyridine rings is 1. The second-order valence-electron chi connectivity index (χ2n) is 8.59.